The van der Waals surface area contributed by atoms with E-state index in [0.717, 1.165) is 28.6 Å². The third-order valence-electron chi connectivity index (χ3n) is 4.68. The average molecular weight is 495 g/mol. The van der Waals surface area contributed by atoms with Gasteiger partial charge in [0, 0.05) is 6.20 Å². The minimum atomic E-state index is -0.312. The number of aryl methyl sites for hydroxylation is 1. The van der Waals surface area contributed by atoms with Crippen molar-refractivity contribution in [3.8, 4) is 5.75 Å². The van der Waals surface area contributed by atoms with Crippen LogP contribution in [0.15, 0.2) is 29.6 Å². The molecule has 0 saturated heterocycles. The lowest BCUT2D eigenvalue weighted by Gasteiger charge is -2.14. The number of benzene rings is 1. The third-order valence-corrected chi connectivity index (χ3v) is 6.46. The first kappa shape index (κ1) is 24.2. The highest BCUT2D eigenvalue weighted by Crippen LogP contribution is 2.29. The zero-order valence-electron chi connectivity index (χ0n) is 18.1. The number of nitrogen functional groups attached to an aromatic ring is 1. The molecule has 0 aliphatic rings. The zero-order valence-corrected chi connectivity index (χ0v) is 20.5. The SMILES string of the molecule is Cc1ccc(C(C)C)c(OCc2nnc(SCC(=O)Nc3ncc(Cl)c(C)c3Cl)n2N)c1. The molecule has 0 aliphatic heterocycles. The smallest absolute Gasteiger partial charge is 0.236 e. The van der Waals surface area contributed by atoms with Crippen molar-refractivity contribution in [1.29, 1.82) is 0 Å². The number of thioether (sulfide) groups is 1. The van der Waals surface area contributed by atoms with Crippen molar-refractivity contribution in [2.24, 2.45) is 0 Å². The van der Waals surface area contributed by atoms with Gasteiger partial charge in [0.05, 0.1) is 15.8 Å². The number of hydrogen-bond donors (Lipinski definition) is 2. The number of hydrogen-bond acceptors (Lipinski definition) is 7. The first-order valence-corrected chi connectivity index (χ1v) is 11.6. The van der Waals surface area contributed by atoms with Crippen LogP contribution in [0.25, 0.3) is 0 Å². The molecule has 2 aromatic heterocycles. The molecule has 2 heterocycles. The zero-order chi connectivity index (χ0) is 23.4. The van der Waals surface area contributed by atoms with E-state index >= 15 is 0 Å². The number of halogens is 2. The number of anilines is 1. The van der Waals surface area contributed by atoms with Crippen molar-refractivity contribution in [1.82, 2.24) is 19.9 Å². The maximum atomic E-state index is 12.3. The Morgan fingerprint density at radius 3 is 2.75 bits per heavy atom. The van der Waals surface area contributed by atoms with Crippen molar-refractivity contribution < 1.29 is 9.53 Å². The minimum Gasteiger partial charge on any atom is -0.485 e. The predicted molar refractivity (Wildman–Crippen MR) is 128 cm³/mol. The molecule has 3 N–H and O–H groups in total. The van der Waals surface area contributed by atoms with E-state index in [4.69, 9.17) is 33.8 Å². The fraction of sp³-hybridized carbons (Fsp3) is 0.333. The summed E-state index contributed by atoms with van der Waals surface area (Å²) in [5.41, 5.74) is 2.85. The van der Waals surface area contributed by atoms with E-state index in [0.29, 0.717) is 32.5 Å². The maximum absolute atomic E-state index is 12.3. The van der Waals surface area contributed by atoms with E-state index < -0.39 is 0 Å². The molecular weight excluding hydrogens is 471 g/mol. The summed E-state index contributed by atoms with van der Waals surface area (Å²) < 4.78 is 7.29. The summed E-state index contributed by atoms with van der Waals surface area (Å²) in [6.07, 6.45) is 1.44. The lowest BCUT2D eigenvalue weighted by molar-refractivity contribution is -0.113. The molecule has 0 unspecified atom stereocenters. The molecule has 11 heteroatoms. The third kappa shape index (κ3) is 5.65. The Morgan fingerprint density at radius 2 is 2.03 bits per heavy atom. The highest BCUT2D eigenvalue weighted by molar-refractivity contribution is 7.99. The van der Waals surface area contributed by atoms with Crippen LogP contribution in [-0.2, 0) is 11.4 Å². The molecule has 0 radical (unpaired) electrons. The number of rotatable bonds is 8. The number of pyridine rings is 1. The molecule has 170 valence electrons. The molecule has 0 atom stereocenters. The van der Waals surface area contributed by atoms with E-state index in [-0.39, 0.29) is 24.1 Å². The highest BCUT2D eigenvalue weighted by Gasteiger charge is 2.16. The molecule has 1 amide bonds. The standard InChI is InChI=1S/C21H24Cl2N6O2S/c1-11(2)14-6-5-12(3)7-16(14)31-9-17-27-28-21(29(17)24)32-10-18(30)26-20-19(23)13(4)15(22)8-25-20/h5-8,11H,9-10,24H2,1-4H3,(H,25,26,30). The van der Waals surface area contributed by atoms with Crippen LogP contribution >= 0.6 is 35.0 Å². The topological polar surface area (TPSA) is 108 Å². The van der Waals surface area contributed by atoms with Gasteiger partial charge in [-0.05, 0) is 42.5 Å². The molecule has 0 fully saturated rings. The fourth-order valence-corrected chi connectivity index (χ4v) is 3.90. The number of ether oxygens (including phenoxy) is 1. The Bertz CT molecular complexity index is 1140. The van der Waals surface area contributed by atoms with E-state index in [9.17, 15) is 4.79 Å². The van der Waals surface area contributed by atoms with Crippen molar-refractivity contribution in [2.75, 3.05) is 16.9 Å². The summed E-state index contributed by atoms with van der Waals surface area (Å²) in [7, 11) is 0. The van der Waals surface area contributed by atoms with Gasteiger partial charge in [-0.3, -0.25) is 4.79 Å². The Balaban J connectivity index is 1.60. The molecule has 0 saturated carbocycles. The number of carbonyl (C=O) groups excluding carboxylic acids is 1. The number of amides is 1. The first-order valence-electron chi connectivity index (χ1n) is 9.83. The van der Waals surface area contributed by atoms with Gasteiger partial charge >= 0.3 is 0 Å². The number of nitrogens with one attached hydrogen (secondary N) is 1. The molecule has 8 nitrogen and oxygen atoms in total. The van der Waals surface area contributed by atoms with Crippen LogP contribution in [0.5, 0.6) is 5.75 Å². The quantitative estimate of drug-likeness (QED) is 0.343. The van der Waals surface area contributed by atoms with E-state index in [1.807, 2.05) is 13.0 Å². The summed E-state index contributed by atoms with van der Waals surface area (Å²) in [4.78, 5) is 16.4. The van der Waals surface area contributed by atoms with Crippen LogP contribution in [0.4, 0.5) is 5.82 Å². The summed E-state index contributed by atoms with van der Waals surface area (Å²) in [5, 5.41) is 11.9. The summed E-state index contributed by atoms with van der Waals surface area (Å²) in [6.45, 7) is 8.13. The summed E-state index contributed by atoms with van der Waals surface area (Å²) in [5.74, 6) is 7.65. The number of nitrogens with two attached hydrogens (primary N) is 1. The van der Waals surface area contributed by atoms with Crippen LogP contribution in [-0.4, -0.2) is 31.5 Å². The predicted octanol–water partition coefficient (Wildman–Crippen LogP) is 4.74. The van der Waals surface area contributed by atoms with Gasteiger partial charge in [0.2, 0.25) is 11.1 Å². The molecule has 1 aromatic carbocycles. The Morgan fingerprint density at radius 1 is 1.28 bits per heavy atom. The van der Waals surface area contributed by atoms with Crippen LogP contribution in [0, 0.1) is 13.8 Å². The van der Waals surface area contributed by atoms with Gasteiger partial charge in [-0.25, -0.2) is 9.66 Å². The van der Waals surface area contributed by atoms with Crippen LogP contribution in [0.3, 0.4) is 0 Å². The molecule has 0 bridgehead atoms. The van der Waals surface area contributed by atoms with Crippen molar-refractivity contribution >= 4 is 46.7 Å². The molecule has 0 spiro atoms. The molecule has 3 aromatic rings. The van der Waals surface area contributed by atoms with Crippen molar-refractivity contribution in [3.63, 3.8) is 0 Å². The van der Waals surface area contributed by atoms with Gasteiger partial charge in [-0.2, -0.15) is 0 Å². The second kappa shape index (κ2) is 10.4. The summed E-state index contributed by atoms with van der Waals surface area (Å²) >= 11 is 13.3. The second-order valence-electron chi connectivity index (χ2n) is 7.48. The van der Waals surface area contributed by atoms with Crippen LogP contribution in [0.1, 0.15) is 42.3 Å². The van der Waals surface area contributed by atoms with Crippen molar-refractivity contribution in [2.45, 2.75) is 45.4 Å². The van der Waals surface area contributed by atoms with Gasteiger partial charge in [0.1, 0.15) is 12.4 Å². The monoisotopic (exact) mass is 494 g/mol. The largest absolute Gasteiger partial charge is 0.485 e. The van der Waals surface area contributed by atoms with Gasteiger partial charge in [-0.1, -0.05) is 60.9 Å². The fourth-order valence-electron chi connectivity index (χ4n) is 2.83. The lowest BCUT2D eigenvalue weighted by atomic mass is 10.0. The van der Waals surface area contributed by atoms with Crippen molar-refractivity contribution in [3.05, 3.63) is 57.0 Å². The lowest BCUT2D eigenvalue weighted by Crippen LogP contribution is -2.18. The number of carbonyl (C=O) groups is 1. The molecule has 3 rings (SSSR count). The van der Waals surface area contributed by atoms with Crippen LogP contribution < -0.4 is 15.9 Å². The molecular formula is C21H24Cl2N6O2S. The van der Waals surface area contributed by atoms with Gasteiger partial charge in [0.15, 0.2) is 11.6 Å². The number of nitrogens with zero attached hydrogens (tertiary/aromatic N) is 4. The minimum absolute atomic E-state index is 0.0469. The Labute approximate surface area is 200 Å². The normalized spacial score (nSPS) is 11.1. The maximum Gasteiger partial charge on any atom is 0.236 e. The number of aromatic nitrogens is 4. The summed E-state index contributed by atoms with van der Waals surface area (Å²) in [6, 6.07) is 6.11. The van der Waals surface area contributed by atoms with E-state index in [2.05, 4.69) is 46.5 Å². The molecule has 0 aliphatic carbocycles. The highest BCUT2D eigenvalue weighted by atomic mass is 35.5. The average Bonchev–Trinajstić information content (AvgIpc) is 3.10. The van der Waals surface area contributed by atoms with E-state index in [1.165, 1.54) is 10.9 Å². The van der Waals surface area contributed by atoms with Crippen LogP contribution in [0.2, 0.25) is 10.0 Å². The van der Waals surface area contributed by atoms with Gasteiger partial charge < -0.3 is 15.9 Å². The Hall–Kier alpha value is -2.49. The van der Waals surface area contributed by atoms with Gasteiger partial charge in [0.25, 0.3) is 0 Å². The Kier molecular flexibility index (Phi) is 7.86. The van der Waals surface area contributed by atoms with Gasteiger partial charge in [-0.15, -0.1) is 10.2 Å². The van der Waals surface area contributed by atoms with E-state index in [1.54, 1.807) is 6.92 Å². The second-order valence-corrected chi connectivity index (χ2v) is 9.21. The molecule has 32 heavy (non-hydrogen) atoms. The first-order chi connectivity index (χ1) is 15.2.